The zero-order chi connectivity index (χ0) is 25.8. The molecule has 2 heterocycles. The number of pyridine rings is 1. The van der Waals surface area contributed by atoms with E-state index >= 15 is 0 Å². The smallest absolute Gasteiger partial charge is 0.251 e. The van der Waals surface area contributed by atoms with E-state index in [1.807, 2.05) is 42.5 Å². The number of hydrogen-bond donors (Lipinski definition) is 0. The van der Waals surface area contributed by atoms with Crippen LogP contribution in [0.2, 0.25) is 0 Å². The van der Waals surface area contributed by atoms with Gasteiger partial charge in [0.25, 0.3) is 5.56 Å². The summed E-state index contributed by atoms with van der Waals surface area (Å²) in [5.41, 5.74) is 4.09. The molecule has 0 aliphatic carbocycles. The van der Waals surface area contributed by atoms with Gasteiger partial charge in [0.15, 0.2) is 0 Å². The van der Waals surface area contributed by atoms with Crippen LogP contribution in [-0.2, 0) is 13.0 Å². The first-order valence-corrected chi connectivity index (χ1v) is 12.6. The van der Waals surface area contributed by atoms with Crippen LogP contribution in [0.4, 0.5) is 10.1 Å². The normalized spacial score (nSPS) is 14.2. The molecule has 0 unspecified atom stereocenters. The van der Waals surface area contributed by atoms with Crippen molar-refractivity contribution in [3.05, 3.63) is 100 Å². The van der Waals surface area contributed by atoms with Crippen molar-refractivity contribution in [1.29, 1.82) is 0 Å². The van der Waals surface area contributed by atoms with Crippen molar-refractivity contribution in [2.45, 2.75) is 13.0 Å². The SMILES string of the molecule is COc1cc(Cn2c(=O)ccc3cc(OC)ccc32)cc(N2CCN(CCc3ccc(F)cc3)CC2)c1. The molecule has 6 nitrogen and oxygen atoms in total. The lowest BCUT2D eigenvalue weighted by Crippen LogP contribution is -2.47. The van der Waals surface area contributed by atoms with Crippen LogP contribution >= 0.6 is 0 Å². The topological polar surface area (TPSA) is 46.9 Å². The number of anilines is 1. The predicted octanol–water partition coefficient (Wildman–Crippen LogP) is 4.57. The Balaban J connectivity index is 1.30. The molecule has 3 aromatic carbocycles. The third-order valence-electron chi connectivity index (χ3n) is 7.09. The van der Waals surface area contributed by atoms with Gasteiger partial charge in [0.1, 0.15) is 17.3 Å². The number of piperazine rings is 1. The van der Waals surface area contributed by atoms with Crippen LogP contribution in [0.3, 0.4) is 0 Å². The third-order valence-corrected chi connectivity index (χ3v) is 7.09. The maximum Gasteiger partial charge on any atom is 0.251 e. The highest BCUT2D eigenvalue weighted by molar-refractivity contribution is 5.80. The van der Waals surface area contributed by atoms with Crippen molar-refractivity contribution in [3.8, 4) is 11.5 Å². The van der Waals surface area contributed by atoms with E-state index in [1.54, 1.807) is 24.9 Å². The Morgan fingerprint density at radius 1 is 0.784 bits per heavy atom. The molecule has 1 aliphatic rings. The van der Waals surface area contributed by atoms with Crippen LogP contribution in [0.5, 0.6) is 11.5 Å². The summed E-state index contributed by atoms with van der Waals surface area (Å²) in [6.07, 6.45) is 0.912. The number of nitrogens with zero attached hydrogens (tertiary/aromatic N) is 3. The Morgan fingerprint density at radius 3 is 2.27 bits per heavy atom. The van der Waals surface area contributed by atoms with E-state index in [2.05, 4.69) is 21.9 Å². The second-order valence-electron chi connectivity index (χ2n) is 9.43. The molecule has 0 saturated carbocycles. The minimum atomic E-state index is -0.194. The number of rotatable bonds is 8. The summed E-state index contributed by atoms with van der Waals surface area (Å²) in [6.45, 7) is 5.13. The fraction of sp³-hybridized carbons (Fsp3) is 0.300. The van der Waals surface area contributed by atoms with Gasteiger partial charge in [-0.25, -0.2) is 4.39 Å². The van der Waals surface area contributed by atoms with Crippen LogP contribution in [-0.4, -0.2) is 56.4 Å². The number of aromatic nitrogens is 1. The minimum Gasteiger partial charge on any atom is -0.497 e. The molecule has 4 aromatic rings. The molecule has 1 aromatic heterocycles. The largest absolute Gasteiger partial charge is 0.497 e. The number of hydrogen-bond acceptors (Lipinski definition) is 5. The summed E-state index contributed by atoms with van der Waals surface area (Å²) in [4.78, 5) is 17.6. The molecule has 192 valence electrons. The van der Waals surface area contributed by atoms with Crippen molar-refractivity contribution in [3.63, 3.8) is 0 Å². The Morgan fingerprint density at radius 2 is 1.54 bits per heavy atom. The first-order valence-electron chi connectivity index (χ1n) is 12.6. The zero-order valence-electron chi connectivity index (χ0n) is 21.3. The second-order valence-corrected chi connectivity index (χ2v) is 9.43. The van der Waals surface area contributed by atoms with Crippen molar-refractivity contribution < 1.29 is 13.9 Å². The van der Waals surface area contributed by atoms with Gasteiger partial charge < -0.3 is 18.9 Å². The molecule has 1 aliphatic heterocycles. The fourth-order valence-electron chi connectivity index (χ4n) is 4.96. The average Bonchev–Trinajstić information content (AvgIpc) is 2.94. The van der Waals surface area contributed by atoms with Gasteiger partial charge in [-0.05, 0) is 66.1 Å². The number of ether oxygens (including phenoxy) is 2. The fourth-order valence-corrected chi connectivity index (χ4v) is 4.96. The third kappa shape index (κ3) is 5.78. The summed E-state index contributed by atoms with van der Waals surface area (Å²) >= 11 is 0. The Hall–Kier alpha value is -3.84. The van der Waals surface area contributed by atoms with Gasteiger partial charge in [0, 0.05) is 55.9 Å². The van der Waals surface area contributed by atoms with Crippen molar-refractivity contribution in [2.24, 2.45) is 0 Å². The molecule has 0 radical (unpaired) electrons. The van der Waals surface area contributed by atoms with Gasteiger partial charge in [-0.2, -0.15) is 0 Å². The average molecular weight is 502 g/mol. The van der Waals surface area contributed by atoms with Crippen LogP contribution in [0.25, 0.3) is 10.9 Å². The Kier molecular flexibility index (Phi) is 7.42. The first-order chi connectivity index (χ1) is 18.0. The maximum absolute atomic E-state index is 13.2. The Bertz CT molecular complexity index is 1430. The van der Waals surface area contributed by atoms with Gasteiger partial charge in [-0.1, -0.05) is 12.1 Å². The van der Waals surface area contributed by atoms with E-state index in [4.69, 9.17) is 9.47 Å². The number of fused-ring (bicyclic) bond motifs is 1. The molecule has 0 bridgehead atoms. The number of benzene rings is 3. The first kappa shape index (κ1) is 24.8. The molecule has 7 heteroatoms. The van der Waals surface area contributed by atoms with Crippen LogP contribution in [0.1, 0.15) is 11.1 Å². The highest BCUT2D eigenvalue weighted by Crippen LogP contribution is 2.27. The van der Waals surface area contributed by atoms with Gasteiger partial charge in [0.05, 0.1) is 26.3 Å². The van der Waals surface area contributed by atoms with Crippen molar-refractivity contribution in [1.82, 2.24) is 9.47 Å². The van der Waals surface area contributed by atoms with E-state index in [9.17, 15) is 9.18 Å². The van der Waals surface area contributed by atoms with E-state index in [0.717, 1.165) is 78.4 Å². The van der Waals surface area contributed by atoms with Gasteiger partial charge in [0.2, 0.25) is 0 Å². The molecule has 5 rings (SSSR count). The summed E-state index contributed by atoms with van der Waals surface area (Å²) in [6, 6.07) is 22.2. The quantitative estimate of drug-likeness (QED) is 0.354. The van der Waals surface area contributed by atoms with Gasteiger partial charge in [-0.15, -0.1) is 0 Å². The predicted molar refractivity (Wildman–Crippen MR) is 146 cm³/mol. The molecule has 0 N–H and O–H groups in total. The van der Waals surface area contributed by atoms with Gasteiger partial charge >= 0.3 is 0 Å². The zero-order valence-corrected chi connectivity index (χ0v) is 21.3. The van der Waals surface area contributed by atoms with Crippen LogP contribution < -0.4 is 19.9 Å². The molecular weight excluding hydrogens is 469 g/mol. The van der Waals surface area contributed by atoms with Crippen LogP contribution in [0, 0.1) is 5.82 Å². The second kappa shape index (κ2) is 11.0. The molecule has 0 atom stereocenters. The highest BCUT2D eigenvalue weighted by Gasteiger charge is 2.18. The van der Waals surface area contributed by atoms with E-state index in [0.29, 0.717) is 6.54 Å². The number of methoxy groups -OCH3 is 2. The lowest BCUT2D eigenvalue weighted by molar-refractivity contribution is 0.261. The Labute approximate surface area is 216 Å². The summed E-state index contributed by atoms with van der Waals surface area (Å²) in [5.74, 6) is 1.35. The summed E-state index contributed by atoms with van der Waals surface area (Å²) in [5, 5.41) is 0.957. The number of halogens is 1. The minimum absolute atomic E-state index is 0.0446. The molecular formula is C30H32FN3O3. The van der Waals surface area contributed by atoms with E-state index in [-0.39, 0.29) is 11.4 Å². The van der Waals surface area contributed by atoms with E-state index in [1.165, 1.54) is 12.1 Å². The lowest BCUT2D eigenvalue weighted by Gasteiger charge is -2.36. The molecule has 1 fully saturated rings. The summed E-state index contributed by atoms with van der Waals surface area (Å²) < 4.78 is 25.9. The molecule has 1 saturated heterocycles. The molecule has 0 spiro atoms. The van der Waals surface area contributed by atoms with E-state index < -0.39 is 0 Å². The van der Waals surface area contributed by atoms with Crippen molar-refractivity contribution >= 4 is 16.6 Å². The molecule has 0 amide bonds. The standard InChI is InChI=1S/C30H32FN3O3/c1-36-27-8-9-29-24(19-27)5-10-30(35)34(29)21-23-17-26(20-28(18-23)37-2)33-15-13-32(14-16-33)12-11-22-3-6-25(31)7-4-22/h3-10,17-20H,11-16,21H2,1-2H3. The van der Waals surface area contributed by atoms with Gasteiger partial charge in [-0.3, -0.25) is 9.69 Å². The highest BCUT2D eigenvalue weighted by atomic mass is 19.1. The monoisotopic (exact) mass is 501 g/mol. The van der Waals surface area contributed by atoms with Crippen LogP contribution in [0.15, 0.2) is 77.6 Å². The maximum atomic E-state index is 13.2. The molecule has 37 heavy (non-hydrogen) atoms. The van der Waals surface area contributed by atoms with Crippen molar-refractivity contribution in [2.75, 3.05) is 51.8 Å². The summed E-state index contributed by atoms with van der Waals surface area (Å²) in [7, 11) is 3.31. The lowest BCUT2D eigenvalue weighted by atomic mass is 10.1.